The molecule has 0 unspecified atom stereocenters. The monoisotopic (exact) mass is 372 g/mol. The number of nitrogens with one attached hydrogen (secondary N) is 2. The summed E-state index contributed by atoms with van der Waals surface area (Å²) in [5, 5.41) is 6.02. The lowest BCUT2D eigenvalue weighted by Gasteiger charge is -2.24. The van der Waals surface area contributed by atoms with Crippen LogP contribution in [0.3, 0.4) is 0 Å². The Hall–Kier alpha value is -2.37. The molecule has 0 aromatic heterocycles. The van der Waals surface area contributed by atoms with E-state index in [0.717, 1.165) is 61.8 Å². The molecule has 1 aromatic carbocycles. The molecule has 6 heteroatoms. The normalized spacial score (nSPS) is 22.6. The van der Waals surface area contributed by atoms with Crippen molar-refractivity contribution in [3.05, 3.63) is 29.3 Å². The first-order valence-electron chi connectivity index (χ1n) is 9.84. The predicted molar refractivity (Wildman–Crippen MR) is 102 cm³/mol. The van der Waals surface area contributed by atoms with Gasteiger partial charge in [-0.25, -0.2) is 0 Å². The van der Waals surface area contributed by atoms with Gasteiger partial charge in [0.05, 0.1) is 19.4 Å². The maximum absolute atomic E-state index is 12.5. The Kier molecular flexibility index (Phi) is 6.48. The summed E-state index contributed by atoms with van der Waals surface area (Å²) in [6, 6.07) is 5.99. The molecule has 3 rings (SSSR count). The standard InChI is InChI=1S/C21H28N2O4/c1-27-21(26)15-4-2-6-17(7-3-5-15)22-20(25)13-14-8-10-18-16(12-14)9-11-19(24)23-18/h8,10,12,15,17H,2-7,9,11,13H2,1H3,(H,22,25)(H,23,24). The number of carbonyl (C=O) groups excluding carboxylic acids is 3. The van der Waals surface area contributed by atoms with E-state index in [0.29, 0.717) is 12.8 Å². The summed E-state index contributed by atoms with van der Waals surface area (Å²) in [5.74, 6) is -0.0275. The zero-order valence-corrected chi connectivity index (χ0v) is 15.9. The molecule has 0 spiro atoms. The summed E-state index contributed by atoms with van der Waals surface area (Å²) < 4.78 is 4.86. The number of amides is 2. The van der Waals surface area contributed by atoms with Gasteiger partial charge in [0.25, 0.3) is 0 Å². The summed E-state index contributed by atoms with van der Waals surface area (Å²) in [4.78, 5) is 35.6. The molecule has 0 radical (unpaired) electrons. The summed E-state index contributed by atoms with van der Waals surface area (Å²) >= 11 is 0. The summed E-state index contributed by atoms with van der Waals surface area (Å²) in [6.07, 6.45) is 6.86. The van der Waals surface area contributed by atoms with Crippen molar-refractivity contribution in [1.82, 2.24) is 5.32 Å². The van der Waals surface area contributed by atoms with Gasteiger partial charge in [-0.3, -0.25) is 14.4 Å². The van der Waals surface area contributed by atoms with Crippen LogP contribution in [0.25, 0.3) is 0 Å². The molecule has 0 saturated heterocycles. The highest BCUT2D eigenvalue weighted by atomic mass is 16.5. The Morgan fingerprint density at radius 1 is 1.15 bits per heavy atom. The Morgan fingerprint density at radius 3 is 2.59 bits per heavy atom. The van der Waals surface area contributed by atoms with E-state index in [4.69, 9.17) is 4.74 Å². The van der Waals surface area contributed by atoms with Gasteiger partial charge in [0.2, 0.25) is 11.8 Å². The van der Waals surface area contributed by atoms with Crippen LogP contribution < -0.4 is 10.6 Å². The first-order chi connectivity index (χ1) is 13.0. The minimum atomic E-state index is -0.110. The average Bonchev–Trinajstić information content (AvgIpc) is 2.63. The van der Waals surface area contributed by atoms with E-state index in [9.17, 15) is 14.4 Å². The fourth-order valence-corrected chi connectivity index (χ4v) is 4.07. The Balaban J connectivity index is 1.49. The second-order valence-electron chi connectivity index (χ2n) is 7.56. The molecule has 2 amide bonds. The first-order valence-corrected chi connectivity index (χ1v) is 9.84. The molecular formula is C21H28N2O4. The van der Waals surface area contributed by atoms with Crippen LogP contribution in [0, 0.1) is 5.92 Å². The van der Waals surface area contributed by atoms with Crippen molar-refractivity contribution in [3.8, 4) is 0 Å². The highest BCUT2D eigenvalue weighted by Gasteiger charge is 2.23. The third-order valence-corrected chi connectivity index (χ3v) is 5.54. The van der Waals surface area contributed by atoms with Crippen LogP contribution in [0.4, 0.5) is 5.69 Å². The maximum Gasteiger partial charge on any atom is 0.308 e. The van der Waals surface area contributed by atoms with Gasteiger partial charge in [0, 0.05) is 18.2 Å². The second-order valence-corrected chi connectivity index (χ2v) is 7.56. The minimum Gasteiger partial charge on any atom is -0.469 e. The summed E-state index contributed by atoms with van der Waals surface area (Å²) in [7, 11) is 1.44. The molecule has 146 valence electrons. The van der Waals surface area contributed by atoms with Gasteiger partial charge in [-0.2, -0.15) is 0 Å². The van der Waals surface area contributed by atoms with Gasteiger partial charge < -0.3 is 15.4 Å². The number of rotatable bonds is 4. The molecule has 0 bridgehead atoms. The molecule has 1 saturated carbocycles. The van der Waals surface area contributed by atoms with Crippen LogP contribution >= 0.6 is 0 Å². The van der Waals surface area contributed by atoms with E-state index >= 15 is 0 Å². The SMILES string of the molecule is COC(=O)C1CCCC(NC(=O)Cc2ccc3c(c2)CCC(=O)N3)CCC1. The largest absolute Gasteiger partial charge is 0.469 e. The molecule has 2 aliphatic rings. The molecule has 27 heavy (non-hydrogen) atoms. The number of hydrogen-bond donors (Lipinski definition) is 2. The van der Waals surface area contributed by atoms with Crippen LogP contribution in [0.2, 0.25) is 0 Å². The first kappa shape index (κ1) is 19.4. The lowest BCUT2D eigenvalue weighted by atomic mass is 9.89. The topological polar surface area (TPSA) is 84.5 Å². The third-order valence-electron chi connectivity index (χ3n) is 5.54. The number of anilines is 1. The van der Waals surface area contributed by atoms with Gasteiger partial charge in [-0.15, -0.1) is 0 Å². The fraction of sp³-hybridized carbons (Fsp3) is 0.571. The molecule has 2 N–H and O–H groups in total. The van der Waals surface area contributed by atoms with Crippen LogP contribution in [0.15, 0.2) is 18.2 Å². The lowest BCUT2D eigenvalue weighted by Crippen LogP contribution is -2.37. The highest BCUT2D eigenvalue weighted by Crippen LogP contribution is 2.25. The molecule has 1 heterocycles. The predicted octanol–water partition coefficient (Wildman–Crippen LogP) is 2.74. The third kappa shape index (κ3) is 5.31. The molecule has 1 aromatic rings. The van der Waals surface area contributed by atoms with Crippen molar-refractivity contribution in [3.63, 3.8) is 0 Å². The quantitative estimate of drug-likeness (QED) is 0.796. The number of ether oxygens (including phenoxy) is 1. The van der Waals surface area contributed by atoms with Crippen LogP contribution in [0.5, 0.6) is 0 Å². The van der Waals surface area contributed by atoms with E-state index in [2.05, 4.69) is 10.6 Å². The van der Waals surface area contributed by atoms with Crippen LogP contribution in [-0.4, -0.2) is 30.9 Å². The Bertz CT molecular complexity index is 706. The molecule has 0 atom stereocenters. The van der Waals surface area contributed by atoms with Crippen molar-refractivity contribution in [2.24, 2.45) is 5.92 Å². The maximum atomic E-state index is 12.5. The number of benzene rings is 1. The van der Waals surface area contributed by atoms with Crippen molar-refractivity contribution in [2.75, 3.05) is 12.4 Å². The van der Waals surface area contributed by atoms with E-state index in [-0.39, 0.29) is 29.7 Å². The van der Waals surface area contributed by atoms with Crippen molar-refractivity contribution >= 4 is 23.5 Å². The molecule has 1 fully saturated rings. The van der Waals surface area contributed by atoms with E-state index < -0.39 is 0 Å². The molecular weight excluding hydrogens is 344 g/mol. The van der Waals surface area contributed by atoms with E-state index in [1.807, 2.05) is 18.2 Å². The van der Waals surface area contributed by atoms with Gasteiger partial charge in [0.15, 0.2) is 0 Å². The average molecular weight is 372 g/mol. The number of carbonyl (C=O) groups is 3. The Labute approximate surface area is 160 Å². The van der Waals surface area contributed by atoms with E-state index in [1.165, 1.54) is 7.11 Å². The van der Waals surface area contributed by atoms with Crippen LogP contribution in [0.1, 0.15) is 56.1 Å². The number of esters is 1. The number of aryl methyl sites for hydroxylation is 1. The number of fused-ring (bicyclic) bond motifs is 1. The van der Waals surface area contributed by atoms with Gasteiger partial charge in [-0.05, 0) is 49.3 Å². The summed E-state index contributed by atoms with van der Waals surface area (Å²) in [6.45, 7) is 0. The van der Waals surface area contributed by atoms with Crippen molar-refractivity contribution in [2.45, 2.75) is 63.8 Å². The van der Waals surface area contributed by atoms with Crippen molar-refractivity contribution < 1.29 is 19.1 Å². The smallest absolute Gasteiger partial charge is 0.308 e. The zero-order chi connectivity index (χ0) is 19.2. The van der Waals surface area contributed by atoms with Gasteiger partial charge in [-0.1, -0.05) is 25.0 Å². The highest BCUT2D eigenvalue weighted by molar-refractivity contribution is 5.94. The lowest BCUT2D eigenvalue weighted by molar-refractivity contribution is -0.146. The van der Waals surface area contributed by atoms with Gasteiger partial charge in [0.1, 0.15) is 0 Å². The van der Waals surface area contributed by atoms with Gasteiger partial charge >= 0.3 is 5.97 Å². The zero-order valence-electron chi connectivity index (χ0n) is 15.9. The van der Waals surface area contributed by atoms with Crippen molar-refractivity contribution in [1.29, 1.82) is 0 Å². The summed E-state index contributed by atoms with van der Waals surface area (Å²) in [5.41, 5.74) is 2.93. The molecule has 6 nitrogen and oxygen atoms in total. The number of methoxy groups -OCH3 is 1. The minimum absolute atomic E-state index is 0.00244. The molecule has 1 aliphatic carbocycles. The molecule has 1 aliphatic heterocycles. The van der Waals surface area contributed by atoms with E-state index in [1.54, 1.807) is 0 Å². The van der Waals surface area contributed by atoms with Crippen LogP contribution in [-0.2, 0) is 32.0 Å². The second kappa shape index (κ2) is 9.02. The number of hydrogen-bond acceptors (Lipinski definition) is 4. The fourth-order valence-electron chi connectivity index (χ4n) is 4.07. The Morgan fingerprint density at radius 2 is 1.89 bits per heavy atom.